The van der Waals surface area contributed by atoms with Crippen LogP contribution in [0.1, 0.15) is 27.0 Å². The Labute approximate surface area is 193 Å². The van der Waals surface area contributed by atoms with Crippen LogP contribution in [0.2, 0.25) is 0 Å². The fourth-order valence-electron chi connectivity index (χ4n) is 4.08. The van der Waals surface area contributed by atoms with Gasteiger partial charge in [-0.2, -0.15) is 0 Å². The third-order valence-corrected chi connectivity index (χ3v) is 7.71. The zero-order valence-electron chi connectivity index (χ0n) is 19.2. The van der Waals surface area contributed by atoms with Gasteiger partial charge in [0, 0.05) is 37.3 Å². The van der Waals surface area contributed by atoms with Crippen molar-refractivity contribution in [3.05, 3.63) is 58.7 Å². The number of aryl methyl sites for hydroxylation is 3. The summed E-state index contributed by atoms with van der Waals surface area (Å²) < 4.78 is 28.7. The second-order valence-corrected chi connectivity index (χ2v) is 10.3. The minimum absolute atomic E-state index is 0.0948. The summed E-state index contributed by atoms with van der Waals surface area (Å²) >= 11 is 0. The average Bonchev–Trinajstić information content (AvgIpc) is 2.75. The number of benzene rings is 2. The highest BCUT2D eigenvalue weighted by molar-refractivity contribution is 7.92. The number of nitrogens with one attached hydrogen (secondary N) is 1. The molecule has 2 heterocycles. The SMILES string of the molecule is Cc1cc(C)c(S(=O)(=O)Nc2ccc3nc(N4CCN(C)CC4)cc(C(=O)O)c3c2)cc1C. The van der Waals surface area contributed by atoms with Gasteiger partial charge in [0.25, 0.3) is 10.0 Å². The molecule has 1 aliphatic rings. The van der Waals surface area contributed by atoms with Crippen LogP contribution in [0.5, 0.6) is 0 Å². The number of fused-ring (bicyclic) bond motifs is 1. The van der Waals surface area contributed by atoms with E-state index in [0.29, 0.717) is 22.3 Å². The molecule has 4 rings (SSSR count). The molecule has 0 saturated carbocycles. The minimum Gasteiger partial charge on any atom is -0.478 e. The molecule has 0 aliphatic carbocycles. The van der Waals surface area contributed by atoms with Crippen molar-refractivity contribution < 1.29 is 18.3 Å². The van der Waals surface area contributed by atoms with Crippen LogP contribution in [-0.2, 0) is 10.0 Å². The Morgan fingerprint density at radius 1 is 0.970 bits per heavy atom. The van der Waals surface area contributed by atoms with Gasteiger partial charge in [0.2, 0.25) is 0 Å². The van der Waals surface area contributed by atoms with Crippen molar-refractivity contribution >= 4 is 38.4 Å². The quantitative estimate of drug-likeness (QED) is 0.591. The number of carboxylic acids is 1. The summed E-state index contributed by atoms with van der Waals surface area (Å²) in [6.07, 6.45) is 0. The number of aromatic nitrogens is 1. The molecule has 3 aromatic rings. The largest absolute Gasteiger partial charge is 0.478 e. The first-order chi connectivity index (χ1) is 15.5. The number of pyridine rings is 1. The van der Waals surface area contributed by atoms with E-state index in [1.165, 1.54) is 6.07 Å². The van der Waals surface area contributed by atoms with E-state index in [9.17, 15) is 18.3 Å². The van der Waals surface area contributed by atoms with Crippen LogP contribution < -0.4 is 9.62 Å². The van der Waals surface area contributed by atoms with Crippen molar-refractivity contribution in [1.82, 2.24) is 9.88 Å². The van der Waals surface area contributed by atoms with Crippen LogP contribution in [0.3, 0.4) is 0 Å². The smallest absolute Gasteiger partial charge is 0.336 e. The first-order valence-electron chi connectivity index (χ1n) is 10.8. The highest BCUT2D eigenvalue weighted by Gasteiger charge is 2.21. The molecule has 8 nitrogen and oxygen atoms in total. The molecule has 2 N–H and O–H groups in total. The van der Waals surface area contributed by atoms with Gasteiger partial charge in [-0.25, -0.2) is 18.2 Å². The van der Waals surface area contributed by atoms with Gasteiger partial charge in [-0.3, -0.25) is 4.72 Å². The lowest BCUT2D eigenvalue weighted by atomic mass is 10.1. The Hall–Kier alpha value is -3.17. The number of likely N-dealkylation sites (N-methyl/N-ethyl adjacent to an activating group) is 1. The van der Waals surface area contributed by atoms with E-state index in [1.807, 2.05) is 19.9 Å². The average molecular weight is 469 g/mol. The Balaban J connectivity index is 1.72. The van der Waals surface area contributed by atoms with Gasteiger partial charge in [-0.05, 0) is 74.8 Å². The molecule has 1 aliphatic heterocycles. The Morgan fingerprint density at radius 3 is 2.30 bits per heavy atom. The van der Waals surface area contributed by atoms with Crippen LogP contribution in [0.15, 0.2) is 41.3 Å². The summed E-state index contributed by atoms with van der Waals surface area (Å²) in [5.74, 6) is -0.463. The van der Waals surface area contributed by atoms with E-state index in [2.05, 4.69) is 26.6 Å². The predicted molar refractivity (Wildman–Crippen MR) is 130 cm³/mol. The molecular weight excluding hydrogens is 440 g/mol. The van der Waals surface area contributed by atoms with Crippen molar-refractivity contribution in [1.29, 1.82) is 0 Å². The number of carbonyl (C=O) groups is 1. The lowest BCUT2D eigenvalue weighted by Crippen LogP contribution is -2.44. The molecule has 0 radical (unpaired) electrons. The molecule has 174 valence electrons. The highest BCUT2D eigenvalue weighted by Crippen LogP contribution is 2.28. The molecule has 9 heteroatoms. The van der Waals surface area contributed by atoms with Gasteiger partial charge in [0.15, 0.2) is 0 Å². The molecule has 0 bridgehead atoms. The van der Waals surface area contributed by atoms with Crippen molar-refractivity contribution in [3.8, 4) is 0 Å². The summed E-state index contributed by atoms with van der Waals surface area (Å²) in [5.41, 5.74) is 3.44. The number of hydrogen-bond acceptors (Lipinski definition) is 6. The van der Waals surface area contributed by atoms with Crippen molar-refractivity contribution in [3.63, 3.8) is 0 Å². The first kappa shape index (κ1) is 23.0. The van der Waals surface area contributed by atoms with Gasteiger partial charge >= 0.3 is 5.97 Å². The van der Waals surface area contributed by atoms with Crippen LogP contribution in [0, 0.1) is 20.8 Å². The van der Waals surface area contributed by atoms with Gasteiger partial charge in [-0.15, -0.1) is 0 Å². The van der Waals surface area contributed by atoms with E-state index < -0.39 is 16.0 Å². The third kappa shape index (κ3) is 4.65. The number of rotatable bonds is 5. The third-order valence-electron chi connectivity index (χ3n) is 6.19. The lowest BCUT2D eigenvalue weighted by Gasteiger charge is -2.33. The van der Waals surface area contributed by atoms with E-state index in [4.69, 9.17) is 0 Å². The normalized spacial score (nSPS) is 15.1. The summed E-state index contributed by atoms with van der Waals surface area (Å²) in [4.78, 5) is 21.2. The zero-order chi connectivity index (χ0) is 23.9. The van der Waals surface area contributed by atoms with Crippen LogP contribution in [0.4, 0.5) is 11.5 Å². The molecule has 0 unspecified atom stereocenters. The monoisotopic (exact) mass is 468 g/mol. The second-order valence-electron chi connectivity index (χ2n) is 8.66. The number of anilines is 2. The molecule has 2 aromatic carbocycles. The first-order valence-corrected chi connectivity index (χ1v) is 12.3. The van der Waals surface area contributed by atoms with E-state index in [0.717, 1.165) is 37.3 Å². The predicted octanol–water partition coefficient (Wildman–Crippen LogP) is 3.41. The number of carboxylic acid groups (broad SMARTS) is 1. The molecular formula is C24H28N4O4S. The standard InChI is InChI=1S/C24H28N4O4S/c1-15-11-17(3)22(12-16(15)2)33(31,32)26-18-5-6-21-19(13-18)20(24(29)30)14-23(25-21)28-9-7-27(4)8-10-28/h5-6,11-14,26H,7-10H2,1-4H3,(H,29,30). The number of nitrogens with zero attached hydrogens (tertiary/aromatic N) is 3. The number of piperazine rings is 1. The molecule has 0 spiro atoms. The topological polar surface area (TPSA) is 103 Å². The summed E-state index contributed by atoms with van der Waals surface area (Å²) in [5, 5.41) is 10.2. The van der Waals surface area contributed by atoms with Gasteiger partial charge in [-0.1, -0.05) is 6.07 Å². The number of aromatic carboxylic acids is 1. The van der Waals surface area contributed by atoms with Crippen LogP contribution in [-0.4, -0.2) is 62.6 Å². The lowest BCUT2D eigenvalue weighted by molar-refractivity contribution is 0.0699. The van der Waals surface area contributed by atoms with Gasteiger partial charge in [0.05, 0.1) is 16.0 Å². The fraction of sp³-hybridized carbons (Fsp3) is 0.333. The summed E-state index contributed by atoms with van der Waals surface area (Å²) in [6, 6.07) is 9.88. The van der Waals surface area contributed by atoms with Crippen molar-refractivity contribution in [2.24, 2.45) is 0 Å². The van der Waals surface area contributed by atoms with E-state index in [-0.39, 0.29) is 16.1 Å². The van der Waals surface area contributed by atoms with Crippen LogP contribution >= 0.6 is 0 Å². The van der Waals surface area contributed by atoms with E-state index >= 15 is 0 Å². The maximum Gasteiger partial charge on any atom is 0.336 e. The highest BCUT2D eigenvalue weighted by atomic mass is 32.2. The molecule has 33 heavy (non-hydrogen) atoms. The van der Waals surface area contributed by atoms with Gasteiger partial charge < -0.3 is 14.9 Å². The Bertz CT molecular complexity index is 1350. The zero-order valence-corrected chi connectivity index (χ0v) is 20.0. The Kier molecular flexibility index (Phi) is 6.02. The van der Waals surface area contributed by atoms with Crippen molar-refractivity contribution in [2.45, 2.75) is 25.7 Å². The van der Waals surface area contributed by atoms with E-state index in [1.54, 1.807) is 31.2 Å². The molecule has 1 fully saturated rings. The molecule has 1 saturated heterocycles. The maximum absolute atomic E-state index is 13.1. The second kappa shape index (κ2) is 8.64. The number of sulfonamides is 1. The molecule has 0 amide bonds. The molecule has 1 aromatic heterocycles. The summed E-state index contributed by atoms with van der Waals surface area (Å²) in [7, 11) is -1.79. The number of hydrogen-bond donors (Lipinski definition) is 2. The Morgan fingerprint density at radius 2 is 1.64 bits per heavy atom. The van der Waals surface area contributed by atoms with Crippen LogP contribution in [0.25, 0.3) is 10.9 Å². The molecule has 0 atom stereocenters. The van der Waals surface area contributed by atoms with Gasteiger partial charge in [0.1, 0.15) is 5.82 Å². The summed E-state index contributed by atoms with van der Waals surface area (Å²) in [6.45, 7) is 8.84. The van der Waals surface area contributed by atoms with Crippen molar-refractivity contribution in [2.75, 3.05) is 42.8 Å². The maximum atomic E-state index is 13.1. The fourth-order valence-corrected chi connectivity index (χ4v) is 5.45. The minimum atomic E-state index is -3.85.